The molecule has 0 aliphatic carbocycles. The molecule has 3 atom stereocenters. The molecule has 0 radical (unpaired) electrons. The van der Waals surface area contributed by atoms with Crippen molar-refractivity contribution in [1.82, 2.24) is 10.2 Å². The number of anilines is 1. The van der Waals surface area contributed by atoms with Crippen LogP contribution in [-0.2, 0) is 10.0 Å². The monoisotopic (exact) mass is 461 g/mol. The van der Waals surface area contributed by atoms with E-state index in [0.29, 0.717) is 13.1 Å². The lowest BCUT2D eigenvalue weighted by Gasteiger charge is -2.37. The van der Waals surface area contributed by atoms with Gasteiger partial charge in [0.25, 0.3) is 15.9 Å². The smallest absolute Gasteiger partial charge is 0.262 e. The van der Waals surface area contributed by atoms with Crippen LogP contribution in [0.3, 0.4) is 0 Å². The number of fused-ring (bicyclic) bond motifs is 1. The number of rotatable bonds is 7. The molecule has 0 aromatic heterocycles. The van der Waals surface area contributed by atoms with Crippen molar-refractivity contribution >= 4 is 21.6 Å². The quantitative estimate of drug-likeness (QED) is 0.584. The molecule has 8 nitrogen and oxygen atoms in total. The molecule has 0 saturated carbocycles. The zero-order chi connectivity index (χ0) is 23.5. The molecule has 3 rings (SSSR count). The maximum absolute atomic E-state index is 13.4. The SMILES string of the molecule is CNC[C@H]1Oc2c(NS(=O)(=O)c3ccc(C)cc3)cccc2C(=O)N([C@@H](C)CO)C[C@@H]1C. The number of aliphatic hydroxyl groups excluding tert-OH is 1. The number of nitrogens with one attached hydrogen (secondary N) is 2. The number of para-hydroxylation sites is 1. The van der Waals surface area contributed by atoms with Gasteiger partial charge in [-0.05, 0) is 45.2 Å². The number of aryl methyl sites for hydroxylation is 1. The number of hydrogen-bond donors (Lipinski definition) is 3. The zero-order valence-corrected chi connectivity index (χ0v) is 19.6. The van der Waals surface area contributed by atoms with Crippen LogP contribution in [0.2, 0.25) is 0 Å². The number of sulfonamides is 1. The van der Waals surface area contributed by atoms with Gasteiger partial charge >= 0.3 is 0 Å². The van der Waals surface area contributed by atoms with Crippen LogP contribution in [0.4, 0.5) is 5.69 Å². The Balaban J connectivity index is 2.08. The fraction of sp³-hybridized carbons (Fsp3) is 0.435. The first-order valence-electron chi connectivity index (χ1n) is 10.6. The number of aliphatic hydroxyl groups is 1. The van der Waals surface area contributed by atoms with E-state index in [1.165, 1.54) is 12.1 Å². The number of carbonyl (C=O) groups excluding carboxylic acids is 1. The topological polar surface area (TPSA) is 108 Å². The maximum atomic E-state index is 13.4. The number of ether oxygens (including phenoxy) is 1. The van der Waals surface area contributed by atoms with Gasteiger partial charge in [-0.25, -0.2) is 8.42 Å². The van der Waals surface area contributed by atoms with E-state index in [-0.39, 0.29) is 52.5 Å². The van der Waals surface area contributed by atoms with Gasteiger partial charge in [-0.1, -0.05) is 30.7 Å². The van der Waals surface area contributed by atoms with Crippen molar-refractivity contribution in [2.45, 2.75) is 37.8 Å². The largest absolute Gasteiger partial charge is 0.486 e. The molecule has 0 spiro atoms. The van der Waals surface area contributed by atoms with E-state index in [2.05, 4.69) is 10.0 Å². The van der Waals surface area contributed by atoms with E-state index in [0.717, 1.165) is 5.56 Å². The highest BCUT2D eigenvalue weighted by atomic mass is 32.2. The molecule has 2 aromatic carbocycles. The molecular formula is C23H31N3O5S. The third-order valence-electron chi connectivity index (χ3n) is 5.67. The van der Waals surface area contributed by atoms with Gasteiger partial charge in [-0.3, -0.25) is 9.52 Å². The number of amides is 1. The fourth-order valence-electron chi connectivity index (χ4n) is 3.69. The highest BCUT2D eigenvalue weighted by Gasteiger charge is 2.34. The van der Waals surface area contributed by atoms with E-state index in [9.17, 15) is 18.3 Å². The number of likely N-dealkylation sites (N-methyl/N-ethyl adjacent to an activating group) is 1. The molecule has 0 bridgehead atoms. The fourth-order valence-corrected chi connectivity index (χ4v) is 4.75. The van der Waals surface area contributed by atoms with E-state index >= 15 is 0 Å². The van der Waals surface area contributed by atoms with Crippen LogP contribution in [0.5, 0.6) is 5.75 Å². The lowest BCUT2D eigenvalue weighted by molar-refractivity contribution is 0.0417. The number of carbonyl (C=O) groups is 1. The van der Waals surface area contributed by atoms with Crippen LogP contribution in [-0.4, -0.2) is 63.2 Å². The summed E-state index contributed by atoms with van der Waals surface area (Å²) >= 11 is 0. The van der Waals surface area contributed by atoms with Crippen molar-refractivity contribution in [3.63, 3.8) is 0 Å². The van der Waals surface area contributed by atoms with Crippen molar-refractivity contribution < 1.29 is 23.1 Å². The Kier molecular flexibility index (Phi) is 7.43. The van der Waals surface area contributed by atoms with Crippen LogP contribution in [0.1, 0.15) is 29.8 Å². The first-order valence-corrected chi connectivity index (χ1v) is 12.1. The third-order valence-corrected chi connectivity index (χ3v) is 7.05. The third kappa shape index (κ3) is 5.06. The second-order valence-corrected chi connectivity index (χ2v) is 9.96. The van der Waals surface area contributed by atoms with Crippen LogP contribution >= 0.6 is 0 Å². The highest BCUT2D eigenvalue weighted by molar-refractivity contribution is 7.92. The minimum atomic E-state index is -3.89. The van der Waals surface area contributed by atoms with E-state index in [1.54, 1.807) is 49.2 Å². The van der Waals surface area contributed by atoms with Gasteiger partial charge in [-0.2, -0.15) is 0 Å². The molecule has 1 aliphatic rings. The molecule has 9 heteroatoms. The number of benzene rings is 2. The standard InChI is InChI=1S/C23H31N3O5S/c1-15-8-10-18(11-9-15)32(29,30)25-20-7-5-6-19-22(20)31-21(12-24-4)16(2)13-26(23(19)28)17(3)14-27/h5-11,16-17,21,24-25,27H,12-14H2,1-4H3/t16-,17-,21+/m0/s1. The molecule has 1 aliphatic heterocycles. The molecule has 0 saturated heterocycles. The summed E-state index contributed by atoms with van der Waals surface area (Å²) in [6.07, 6.45) is -0.315. The Morgan fingerprint density at radius 2 is 1.91 bits per heavy atom. The summed E-state index contributed by atoms with van der Waals surface area (Å²) in [6, 6.07) is 10.9. The van der Waals surface area contributed by atoms with Gasteiger partial charge in [0.15, 0.2) is 5.75 Å². The highest BCUT2D eigenvalue weighted by Crippen LogP contribution is 2.35. The second-order valence-electron chi connectivity index (χ2n) is 8.28. The summed E-state index contributed by atoms with van der Waals surface area (Å²) in [7, 11) is -2.08. The first-order chi connectivity index (χ1) is 15.2. The van der Waals surface area contributed by atoms with Gasteiger partial charge in [0.1, 0.15) is 6.10 Å². The van der Waals surface area contributed by atoms with Gasteiger partial charge < -0.3 is 20.1 Å². The summed E-state index contributed by atoms with van der Waals surface area (Å²) in [5, 5.41) is 12.8. The van der Waals surface area contributed by atoms with Gasteiger partial charge in [0.2, 0.25) is 0 Å². The Labute approximate surface area is 189 Å². The first kappa shape index (κ1) is 24.0. The van der Waals surface area contributed by atoms with E-state index in [4.69, 9.17) is 4.74 Å². The van der Waals surface area contributed by atoms with Crippen LogP contribution in [0, 0.1) is 12.8 Å². The van der Waals surface area contributed by atoms with Crippen molar-refractivity contribution in [3.05, 3.63) is 53.6 Å². The van der Waals surface area contributed by atoms with E-state index in [1.807, 2.05) is 13.8 Å². The van der Waals surface area contributed by atoms with Crippen LogP contribution in [0.15, 0.2) is 47.4 Å². The lowest BCUT2D eigenvalue weighted by Crippen LogP contribution is -2.49. The van der Waals surface area contributed by atoms with Crippen molar-refractivity contribution in [2.75, 3.05) is 31.5 Å². The molecule has 0 fully saturated rings. The molecule has 3 N–H and O–H groups in total. The summed E-state index contributed by atoms with van der Waals surface area (Å²) in [4.78, 5) is 15.1. The van der Waals surface area contributed by atoms with Gasteiger partial charge in [0, 0.05) is 19.0 Å². The van der Waals surface area contributed by atoms with Crippen LogP contribution < -0.4 is 14.8 Å². The minimum Gasteiger partial charge on any atom is -0.486 e. The summed E-state index contributed by atoms with van der Waals surface area (Å²) in [5.74, 6) is -0.182. The normalized spacial score (nSPS) is 20.0. The summed E-state index contributed by atoms with van der Waals surface area (Å²) in [5.41, 5.74) is 1.40. The molecular weight excluding hydrogens is 430 g/mol. The second kappa shape index (κ2) is 9.89. The molecule has 1 heterocycles. The maximum Gasteiger partial charge on any atom is 0.262 e. The molecule has 174 valence electrons. The number of nitrogens with zero attached hydrogens (tertiary/aromatic N) is 1. The Hall–Kier alpha value is -2.62. The predicted molar refractivity (Wildman–Crippen MR) is 124 cm³/mol. The molecule has 32 heavy (non-hydrogen) atoms. The van der Waals surface area contributed by atoms with Gasteiger partial charge in [-0.15, -0.1) is 0 Å². The Morgan fingerprint density at radius 1 is 1.22 bits per heavy atom. The lowest BCUT2D eigenvalue weighted by atomic mass is 9.99. The molecule has 0 unspecified atom stereocenters. The molecule has 2 aromatic rings. The van der Waals surface area contributed by atoms with Crippen LogP contribution in [0.25, 0.3) is 0 Å². The summed E-state index contributed by atoms with van der Waals surface area (Å²) in [6.45, 7) is 6.37. The van der Waals surface area contributed by atoms with Crippen molar-refractivity contribution in [1.29, 1.82) is 0 Å². The minimum absolute atomic E-state index is 0.0599. The summed E-state index contributed by atoms with van der Waals surface area (Å²) < 4.78 is 34.9. The van der Waals surface area contributed by atoms with E-state index < -0.39 is 10.0 Å². The zero-order valence-electron chi connectivity index (χ0n) is 18.8. The van der Waals surface area contributed by atoms with Crippen molar-refractivity contribution in [3.8, 4) is 5.75 Å². The Morgan fingerprint density at radius 3 is 2.53 bits per heavy atom. The molecule has 1 amide bonds. The predicted octanol–water partition coefficient (Wildman–Crippen LogP) is 2.24. The number of hydrogen-bond acceptors (Lipinski definition) is 6. The van der Waals surface area contributed by atoms with Crippen molar-refractivity contribution in [2.24, 2.45) is 5.92 Å². The average molecular weight is 462 g/mol. The van der Waals surface area contributed by atoms with Gasteiger partial charge in [0.05, 0.1) is 28.8 Å². The average Bonchev–Trinajstić information content (AvgIpc) is 2.76. The Bertz CT molecular complexity index is 1060.